The van der Waals surface area contributed by atoms with E-state index in [0.29, 0.717) is 4.47 Å². The summed E-state index contributed by atoms with van der Waals surface area (Å²) in [5.74, 6) is -1.38. The molecule has 1 amide bonds. The average Bonchev–Trinajstić information content (AvgIpc) is 2.43. The van der Waals surface area contributed by atoms with Gasteiger partial charge in [-0.3, -0.25) is 10.3 Å². The van der Waals surface area contributed by atoms with E-state index in [9.17, 15) is 22.7 Å². The predicted octanol–water partition coefficient (Wildman–Crippen LogP) is 1.79. The molecule has 1 aromatic rings. The van der Waals surface area contributed by atoms with Crippen LogP contribution in [0.1, 0.15) is 25.3 Å². The van der Waals surface area contributed by atoms with Gasteiger partial charge in [0.25, 0.3) is 0 Å². The van der Waals surface area contributed by atoms with Gasteiger partial charge in [0.2, 0.25) is 0 Å². The molecule has 1 aliphatic carbocycles. The first-order valence-corrected chi connectivity index (χ1v) is 9.90. The lowest BCUT2D eigenvalue weighted by atomic mass is 9.79. The Morgan fingerprint density at radius 1 is 1.44 bits per heavy atom. The highest BCUT2D eigenvalue weighted by Crippen LogP contribution is 2.48. The number of rotatable bonds is 1. The van der Waals surface area contributed by atoms with E-state index in [-0.39, 0.29) is 24.2 Å². The number of hydrogen-bond acceptors (Lipinski definition) is 5. The minimum Gasteiger partial charge on any atom is -0.465 e. The third-order valence-electron chi connectivity index (χ3n) is 4.72. The standard InChI is InChI=1S/C15H16BrFN2O5S/c1-14(10-4-8(16)2-3-11(10)17)7-25(23,24)15(5-9(20)6-15)12(19-14)18-13(21)22/h2-4,9,20H,5-7H2,1H3,(H,18,19)(H,21,22). The Balaban J connectivity index is 2.19. The van der Waals surface area contributed by atoms with Gasteiger partial charge in [-0.05, 0) is 25.1 Å². The molecule has 0 bridgehead atoms. The third kappa shape index (κ3) is 2.85. The molecule has 7 nitrogen and oxygen atoms in total. The summed E-state index contributed by atoms with van der Waals surface area (Å²) < 4.78 is 39.2. The molecular weight excluding hydrogens is 419 g/mol. The number of aliphatic imine (C=N–C) groups is 1. The maximum Gasteiger partial charge on any atom is 0.410 e. The van der Waals surface area contributed by atoms with Gasteiger partial charge < -0.3 is 10.2 Å². The third-order valence-corrected chi connectivity index (χ3v) is 7.87. The Morgan fingerprint density at radius 2 is 2.08 bits per heavy atom. The minimum atomic E-state index is -3.90. The van der Waals surface area contributed by atoms with Crippen molar-refractivity contribution < 1.29 is 27.8 Å². The number of aliphatic hydroxyl groups excluding tert-OH is 1. The second kappa shape index (κ2) is 5.75. The maximum absolute atomic E-state index is 14.3. The van der Waals surface area contributed by atoms with E-state index < -0.39 is 43.9 Å². The van der Waals surface area contributed by atoms with Crippen molar-refractivity contribution in [1.29, 1.82) is 0 Å². The maximum atomic E-state index is 14.3. The van der Waals surface area contributed by atoms with Crippen LogP contribution in [-0.4, -0.2) is 47.2 Å². The Labute approximate surface area is 152 Å². The summed E-state index contributed by atoms with van der Waals surface area (Å²) in [6.07, 6.45) is -2.58. The lowest BCUT2D eigenvalue weighted by Crippen LogP contribution is -2.67. The number of halogens is 2. The molecule has 1 fully saturated rings. The van der Waals surface area contributed by atoms with Crippen LogP contribution in [0.5, 0.6) is 0 Å². The lowest BCUT2D eigenvalue weighted by molar-refractivity contribution is 0.0775. The number of nitrogens with zero attached hydrogens (tertiary/aromatic N) is 1. The van der Waals surface area contributed by atoms with Gasteiger partial charge in [-0.15, -0.1) is 0 Å². The fraction of sp³-hybridized carbons (Fsp3) is 0.467. The van der Waals surface area contributed by atoms with Crippen molar-refractivity contribution in [2.24, 2.45) is 4.99 Å². The van der Waals surface area contributed by atoms with Gasteiger partial charge >= 0.3 is 6.09 Å². The van der Waals surface area contributed by atoms with Crippen LogP contribution < -0.4 is 5.32 Å². The van der Waals surface area contributed by atoms with Crippen LogP contribution in [-0.2, 0) is 15.4 Å². The molecule has 1 saturated carbocycles. The molecule has 0 aromatic heterocycles. The quantitative estimate of drug-likeness (QED) is 0.622. The smallest absolute Gasteiger partial charge is 0.410 e. The van der Waals surface area contributed by atoms with Crippen molar-refractivity contribution in [3.63, 3.8) is 0 Å². The molecule has 136 valence electrons. The van der Waals surface area contributed by atoms with Gasteiger partial charge in [-0.1, -0.05) is 15.9 Å². The Bertz CT molecular complexity index is 882. The van der Waals surface area contributed by atoms with E-state index in [1.165, 1.54) is 25.1 Å². The molecule has 2 aliphatic rings. The fourth-order valence-corrected chi connectivity index (χ4v) is 6.36. The second-order valence-corrected chi connectivity index (χ2v) is 9.82. The summed E-state index contributed by atoms with van der Waals surface area (Å²) in [5.41, 5.74) is -1.44. The summed E-state index contributed by atoms with van der Waals surface area (Å²) in [4.78, 5) is 15.4. The van der Waals surface area contributed by atoms with Gasteiger partial charge in [0.1, 0.15) is 21.9 Å². The molecule has 1 spiro atoms. The zero-order valence-electron chi connectivity index (χ0n) is 13.2. The predicted molar refractivity (Wildman–Crippen MR) is 91.8 cm³/mol. The topological polar surface area (TPSA) is 116 Å². The summed E-state index contributed by atoms with van der Waals surface area (Å²) in [6, 6.07) is 4.10. The van der Waals surface area contributed by atoms with Crippen LogP contribution in [0.3, 0.4) is 0 Å². The molecule has 0 saturated heterocycles. The van der Waals surface area contributed by atoms with Crippen molar-refractivity contribution in [1.82, 2.24) is 5.32 Å². The molecule has 1 atom stereocenters. The number of carboxylic acid groups (broad SMARTS) is 1. The monoisotopic (exact) mass is 434 g/mol. The zero-order valence-corrected chi connectivity index (χ0v) is 15.6. The van der Waals surface area contributed by atoms with E-state index in [4.69, 9.17) is 5.11 Å². The Kier molecular flexibility index (Phi) is 4.20. The van der Waals surface area contributed by atoms with Gasteiger partial charge in [0.05, 0.1) is 11.9 Å². The van der Waals surface area contributed by atoms with Crippen LogP contribution in [0, 0.1) is 5.82 Å². The van der Waals surface area contributed by atoms with E-state index in [1.807, 2.05) is 0 Å². The number of amides is 1. The molecule has 3 rings (SSSR count). The largest absolute Gasteiger partial charge is 0.465 e. The van der Waals surface area contributed by atoms with Crippen molar-refractivity contribution in [2.45, 2.75) is 36.2 Å². The molecule has 3 N–H and O–H groups in total. The molecular formula is C15H16BrFN2O5S. The number of benzene rings is 1. The molecule has 1 aliphatic heterocycles. The summed E-state index contributed by atoms with van der Waals surface area (Å²) in [5, 5.41) is 20.7. The summed E-state index contributed by atoms with van der Waals surface area (Å²) in [7, 11) is -3.90. The van der Waals surface area contributed by atoms with E-state index in [2.05, 4.69) is 26.2 Å². The summed E-state index contributed by atoms with van der Waals surface area (Å²) >= 11 is 3.22. The second-order valence-electron chi connectivity index (χ2n) is 6.60. The van der Waals surface area contributed by atoms with Gasteiger partial charge in [-0.25, -0.2) is 17.6 Å². The first-order chi connectivity index (χ1) is 11.5. The highest BCUT2D eigenvalue weighted by atomic mass is 79.9. The first-order valence-electron chi connectivity index (χ1n) is 7.45. The van der Waals surface area contributed by atoms with Crippen LogP contribution in [0.25, 0.3) is 0 Å². The fourth-order valence-electron chi connectivity index (χ4n) is 3.48. The lowest BCUT2D eigenvalue weighted by Gasteiger charge is -2.49. The SMILES string of the molecule is CC1(c2cc(Br)ccc2F)CS(=O)(=O)C2(CC(O)C2)C(NC(=O)O)=N1. The Hall–Kier alpha value is -1.52. The van der Waals surface area contributed by atoms with E-state index in [1.54, 1.807) is 0 Å². The van der Waals surface area contributed by atoms with Crippen LogP contribution in [0.15, 0.2) is 27.7 Å². The van der Waals surface area contributed by atoms with Crippen LogP contribution in [0.4, 0.5) is 9.18 Å². The van der Waals surface area contributed by atoms with Crippen molar-refractivity contribution in [3.05, 3.63) is 34.1 Å². The number of hydrogen-bond donors (Lipinski definition) is 3. The number of carbonyl (C=O) groups is 1. The van der Waals surface area contributed by atoms with Gasteiger partial charge in [0.15, 0.2) is 9.84 Å². The van der Waals surface area contributed by atoms with Crippen molar-refractivity contribution >= 4 is 37.7 Å². The first kappa shape index (κ1) is 18.3. The van der Waals surface area contributed by atoms with E-state index >= 15 is 0 Å². The number of sulfone groups is 1. The molecule has 1 aromatic carbocycles. The van der Waals surface area contributed by atoms with Crippen molar-refractivity contribution in [3.8, 4) is 0 Å². The van der Waals surface area contributed by atoms with Gasteiger partial charge in [0, 0.05) is 22.9 Å². The Morgan fingerprint density at radius 3 is 2.64 bits per heavy atom. The molecule has 1 unspecified atom stereocenters. The average molecular weight is 435 g/mol. The molecule has 1 heterocycles. The molecule has 0 radical (unpaired) electrons. The molecule has 10 heteroatoms. The highest BCUT2D eigenvalue weighted by Gasteiger charge is 2.62. The number of nitrogens with one attached hydrogen (secondary N) is 1. The van der Waals surface area contributed by atoms with Crippen LogP contribution >= 0.6 is 15.9 Å². The zero-order chi connectivity index (χ0) is 18.6. The number of amidine groups is 1. The highest BCUT2D eigenvalue weighted by molar-refractivity contribution is 9.10. The molecule has 25 heavy (non-hydrogen) atoms. The van der Waals surface area contributed by atoms with E-state index in [0.717, 1.165) is 0 Å². The number of aliphatic hydroxyl groups is 1. The normalized spacial score (nSPS) is 33.4. The van der Waals surface area contributed by atoms with Crippen LogP contribution in [0.2, 0.25) is 0 Å². The summed E-state index contributed by atoms with van der Waals surface area (Å²) in [6.45, 7) is 1.45. The van der Waals surface area contributed by atoms with Gasteiger partial charge in [-0.2, -0.15) is 0 Å². The van der Waals surface area contributed by atoms with Crippen molar-refractivity contribution in [2.75, 3.05) is 5.75 Å². The minimum absolute atomic E-state index is 0.0462.